The van der Waals surface area contributed by atoms with Crippen LogP contribution in [0.4, 0.5) is 4.39 Å². The molecule has 1 atom stereocenters. The molecule has 1 aliphatic rings. The zero-order valence-corrected chi connectivity index (χ0v) is 21.8. The second-order valence-corrected chi connectivity index (χ2v) is 10.4. The predicted octanol–water partition coefficient (Wildman–Crippen LogP) is 6.61. The Bertz CT molecular complexity index is 1340. The van der Waals surface area contributed by atoms with Gasteiger partial charge in [0.1, 0.15) is 5.82 Å². The van der Waals surface area contributed by atoms with Crippen LogP contribution in [0.2, 0.25) is 5.02 Å². The summed E-state index contributed by atoms with van der Waals surface area (Å²) in [6.45, 7) is 4.41. The molecule has 4 nitrogen and oxygen atoms in total. The topological polar surface area (TPSA) is 37.3 Å². The number of likely N-dealkylation sites (tertiary alicyclic amines) is 1. The number of carbonyl (C=O) groups excluding carboxylic acids is 1. The first-order valence-electron chi connectivity index (χ1n) is 13.1. The largest absolute Gasteiger partial charge is 0.355 e. The number of nitrogens with zero attached hydrogens (tertiary/aromatic N) is 2. The Balaban J connectivity index is 1.41. The molecule has 0 radical (unpaired) electrons. The van der Waals surface area contributed by atoms with Crippen LogP contribution >= 0.6 is 11.6 Å². The lowest BCUT2D eigenvalue weighted by atomic mass is 9.88. The molecule has 1 aliphatic heterocycles. The van der Waals surface area contributed by atoms with Crippen LogP contribution in [0.15, 0.2) is 79.0 Å². The number of aromatic nitrogens is 1. The van der Waals surface area contributed by atoms with Gasteiger partial charge in [0.05, 0.1) is 0 Å². The normalized spacial score (nSPS) is 15.1. The zero-order valence-electron chi connectivity index (χ0n) is 21.0. The minimum atomic E-state index is -0.242. The standard InChI is InChI=1S/C31H33ClFN3O/c32-25-8-6-7-24(19-25)28(20-31(37)34-15-18-35-16-4-1-5-17-35)29-22-36(30-10-3-2-9-27(29)30)21-23-11-13-26(33)14-12-23/h2-3,6-14,19,22,28H,1,4-5,15-18,20-21H2,(H,34,37). The summed E-state index contributed by atoms with van der Waals surface area (Å²) in [7, 11) is 0. The summed E-state index contributed by atoms with van der Waals surface area (Å²) >= 11 is 6.38. The van der Waals surface area contributed by atoms with E-state index in [2.05, 4.69) is 33.1 Å². The molecule has 6 heteroatoms. The van der Waals surface area contributed by atoms with E-state index in [-0.39, 0.29) is 17.6 Å². The Morgan fingerprint density at radius 1 is 0.973 bits per heavy atom. The van der Waals surface area contributed by atoms with Gasteiger partial charge in [0.25, 0.3) is 0 Å². The van der Waals surface area contributed by atoms with Crippen molar-refractivity contribution in [2.45, 2.75) is 38.1 Å². The minimum absolute atomic E-state index is 0.0392. The number of rotatable bonds is 9. The number of fused-ring (bicyclic) bond motifs is 1. The number of halogens is 2. The maximum absolute atomic E-state index is 13.5. The average Bonchev–Trinajstić information content (AvgIpc) is 3.27. The van der Waals surface area contributed by atoms with Crippen molar-refractivity contribution in [1.82, 2.24) is 14.8 Å². The second kappa shape index (κ2) is 11.9. The van der Waals surface area contributed by atoms with E-state index < -0.39 is 0 Å². The monoisotopic (exact) mass is 517 g/mol. The molecular formula is C31H33ClFN3O. The Morgan fingerprint density at radius 2 is 1.76 bits per heavy atom. The molecule has 1 saturated heterocycles. The van der Waals surface area contributed by atoms with Crippen LogP contribution in [0.25, 0.3) is 10.9 Å². The Morgan fingerprint density at radius 3 is 2.54 bits per heavy atom. The third-order valence-electron chi connectivity index (χ3n) is 7.30. The SMILES string of the molecule is O=C(CC(c1cccc(Cl)c1)c1cn(Cc2ccc(F)cc2)c2ccccc12)NCCN1CCCCC1. The van der Waals surface area contributed by atoms with Crippen molar-refractivity contribution in [2.24, 2.45) is 0 Å². The van der Waals surface area contributed by atoms with Crippen molar-refractivity contribution in [3.63, 3.8) is 0 Å². The molecule has 5 rings (SSSR count). The van der Waals surface area contributed by atoms with E-state index in [1.807, 2.05) is 48.5 Å². The quantitative estimate of drug-likeness (QED) is 0.271. The summed E-state index contributed by atoms with van der Waals surface area (Å²) in [5.41, 5.74) is 4.21. The predicted molar refractivity (Wildman–Crippen MR) is 149 cm³/mol. The van der Waals surface area contributed by atoms with E-state index in [1.54, 1.807) is 0 Å². The number of hydrogen-bond acceptors (Lipinski definition) is 2. The molecule has 37 heavy (non-hydrogen) atoms. The third kappa shape index (κ3) is 6.41. The fraction of sp³-hybridized carbons (Fsp3) is 0.323. The van der Waals surface area contributed by atoms with Crippen LogP contribution in [0.5, 0.6) is 0 Å². The van der Waals surface area contributed by atoms with Crippen molar-refractivity contribution in [2.75, 3.05) is 26.2 Å². The van der Waals surface area contributed by atoms with E-state index in [1.165, 1.54) is 31.4 Å². The van der Waals surface area contributed by atoms with Crippen LogP contribution in [-0.2, 0) is 11.3 Å². The number of nitrogens with one attached hydrogen (secondary N) is 1. The van der Waals surface area contributed by atoms with Gasteiger partial charge in [-0.3, -0.25) is 4.79 Å². The highest BCUT2D eigenvalue weighted by Crippen LogP contribution is 2.36. The highest BCUT2D eigenvalue weighted by Gasteiger charge is 2.23. The Kier molecular flexibility index (Phi) is 8.22. The van der Waals surface area contributed by atoms with Crippen LogP contribution in [0.1, 0.15) is 48.3 Å². The van der Waals surface area contributed by atoms with Crippen LogP contribution in [0, 0.1) is 5.82 Å². The lowest BCUT2D eigenvalue weighted by Gasteiger charge is -2.26. The molecule has 1 aromatic heterocycles. The Hall–Kier alpha value is -3.15. The first-order valence-corrected chi connectivity index (χ1v) is 13.5. The summed E-state index contributed by atoms with van der Waals surface area (Å²) in [6.07, 6.45) is 6.27. The van der Waals surface area contributed by atoms with Crippen molar-refractivity contribution < 1.29 is 9.18 Å². The molecule has 0 bridgehead atoms. The maximum Gasteiger partial charge on any atom is 0.220 e. The van der Waals surface area contributed by atoms with E-state index in [4.69, 9.17) is 11.6 Å². The van der Waals surface area contributed by atoms with Crippen molar-refractivity contribution in [1.29, 1.82) is 0 Å². The smallest absolute Gasteiger partial charge is 0.220 e. The molecule has 4 aromatic rings. The molecule has 0 saturated carbocycles. The first-order chi connectivity index (χ1) is 18.1. The first kappa shape index (κ1) is 25.5. The molecule has 1 fully saturated rings. The van der Waals surface area contributed by atoms with Crippen LogP contribution in [-0.4, -0.2) is 41.6 Å². The van der Waals surface area contributed by atoms with E-state index >= 15 is 0 Å². The van der Waals surface area contributed by atoms with Gasteiger partial charge in [0.15, 0.2) is 0 Å². The summed E-state index contributed by atoms with van der Waals surface area (Å²) in [6, 6.07) is 22.7. The molecule has 1 N–H and O–H groups in total. The highest BCUT2D eigenvalue weighted by atomic mass is 35.5. The molecule has 0 spiro atoms. The number of para-hydroxylation sites is 1. The summed E-state index contributed by atoms with van der Waals surface area (Å²) < 4.78 is 15.7. The maximum atomic E-state index is 13.5. The summed E-state index contributed by atoms with van der Waals surface area (Å²) in [5.74, 6) is -0.348. The molecule has 0 aliphatic carbocycles. The fourth-order valence-electron chi connectivity index (χ4n) is 5.39. The number of hydrogen-bond donors (Lipinski definition) is 1. The van der Waals surface area contributed by atoms with E-state index in [9.17, 15) is 9.18 Å². The van der Waals surface area contributed by atoms with E-state index in [0.29, 0.717) is 24.5 Å². The molecular weight excluding hydrogens is 485 g/mol. The van der Waals surface area contributed by atoms with Gasteiger partial charge in [-0.1, -0.05) is 60.5 Å². The zero-order chi connectivity index (χ0) is 25.6. The van der Waals surface area contributed by atoms with Crippen molar-refractivity contribution in [3.8, 4) is 0 Å². The van der Waals surface area contributed by atoms with Gasteiger partial charge in [0.2, 0.25) is 5.91 Å². The molecule has 192 valence electrons. The highest BCUT2D eigenvalue weighted by molar-refractivity contribution is 6.30. The Labute approximate surface area is 223 Å². The van der Waals surface area contributed by atoms with Gasteiger partial charge in [-0.05, 0) is 73.0 Å². The average molecular weight is 518 g/mol. The summed E-state index contributed by atoms with van der Waals surface area (Å²) in [5, 5.41) is 4.92. The molecule has 1 unspecified atom stereocenters. The van der Waals surface area contributed by atoms with Crippen LogP contribution < -0.4 is 5.32 Å². The van der Waals surface area contributed by atoms with Gasteiger partial charge in [-0.2, -0.15) is 0 Å². The van der Waals surface area contributed by atoms with Crippen molar-refractivity contribution in [3.05, 3.63) is 107 Å². The number of carbonyl (C=O) groups is 1. The van der Waals surface area contributed by atoms with Crippen molar-refractivity contribution >= 4 is 28.4 Å². The van der Waals surface area contributed by atoms with Gasteiger partial charge in [-0.15, -0.1) is 0 Å². The number of benzene rings is 3. The van der Waals surface area contributed by atoms with Gasteiger partial charge in [0, 0.05) is 54.1 Å². The number of amides is 1. The fourth-order valence-corrected chi connectivity index (χ4v) is 5.59. The lowest BCUT2D eigenvalue weighted by Crippen LogP contribution is -2.38. The summed E-state index contributed by atoms with van der Waals surface area (Å²) in [4.78, 5) is 15.6. The van der Waals surface area contributed by atoms with Gasteiger partial charge in [-0.25, -0.2) is 4.39 Å². The molecule has 2 heterocycles. The molecule has 1 amide bonds. The third-order valence-corrected chi connectivity index (χ3v) is 7.54. The minimum Gasteiger partial charge on any atom is -0.355 e. The van der Waals surface area contributed by atoms with Gasteiger partial charge < -0.3 is 14.8 Å². The lowest BCUT2D eigenvalue weighted by molar-refractivity contribution is -0.121. The second-order valence-electron chi connectivity index (χ2n) is 9.92. The molecule has 3 aromatic carbocycles. The van der Waals surface area contributed by atoms with Crippen LogP contribution in [0.3, 0.4) is 0 Å². The van der Waals surface area contributed by atoms with E-state index in [0.717, 1.165) is 47.2 Å². The van der Waals surface area contributed by atoms with Gasteiger partial charge >= 0.3 is 0 Å². The number of piperidine rings is 1.